The molecule has 17 heavy (non-hydrogen) atoms. The van der Waals surface area contributed by atoms with Gasteiger partial charge in [0.1, 0.15) is 11.5 Å². The standard InChI is InChI=1S/C12H8BBr2O2/c14-9-3-1-5-11(7-9)16-13-17-12-6-2-4-10(15)8-12/h1-8H. The van der Waals surface area contributed by atoms with Crippen LogP contribution in [0.5, 0.6) is 11.5 Å². The van der Waals surface area contributed by atoms with E-state index in [-0.39, 0.29) is 0 Å². The Bertz CT molecular complexity index is 460. The molecule has 0 bridgehead atoms. The maximum Gasteiger partial charge on any atom is 0.658 e. The molecule has 0 saturated carbocycles. The zero-order valence-electron chi connectivity index (χ0n) is 8.77. The van der Waals surface area contributed by atoms with Gasteiger partial charge in [-0.05, 0) is 36.4 Å². The van der Waals surface area contributed by atoms with Crippen molar-refractivity contribution in [1.82, 2.24) is 0 Å². The van der Waals surface area contributed by atoms with E-state index in [1.165, 1.54) is 7.69 Å². The van der Waals surface area contributed by atoms with E-state index in [9.17, 15) is 0 Å². The van der Waals surface area contributed by atoms with Crippen LogP contribution in [0.2, 0.25) is 0 Å². The summed E-state index contributed by atoms with van der Waals surface area (Å²) in [6.45, 7) is 0. The Hall–Kier alpha value is -0.935. The fourth-order valence-electron chi connectivity index (χ4n) is 1.22. The van der Waals surface area contributed by atoms with Gasteiger partial charge in [0.25, 0.3) is 0 Å². The molecule has 2 aromatic rings. The zero-order valence-corrected chi connectivity index (χ0v) is 11.9. The molecule has 85 valence electrons. The van der Waals surface area contributed by atoms with Crippen molar-refractivity contribution in [3.8, 4) is 11.5 Å². The first-order valence-electron chi connectivity index (χ1n) is 4.90. The normalized spacial score (nSPS) is 9.76. The molecule has 0 N–H and O–H groups in total. The number of hydrogen-bond donors (Lipinski definition) is 0. The lowest BCUT2D eigenvalue weighted by Gasteiger charge is -2.06. The van der Waals surface area contributed by atoms with Crippen LogP contribution in [0.4, 0.5) is 0 Å². The van der Waals surface area contributed by atoms with Crippen LogP contribution in [0.1, 0.15) is 0 Å². The first-order valence-corrected chi connectivity index (χ1v) is 6.49. The van der Waals surface area contributed by atoms with Crippen molar-refractivity contribution in [3.05, 3.63) is 57.5 Å². The van der Waals surface area contributed by atoms with Gasteiger partial charge in [0.05, 0.1) is 0 Å². The first kappa shape index (κ1) is 12.5. The molecule has 0 aliphatic heterocycles. The van der Waals surface area contributed by atoms with E-state index in [1.807, 2.05) is 48.5 Å². The molecule has 1 radical (unpaired) electrons. The van der Waals surface area contributed by atoms with Crippen molar-refractivity contribution in [2.24, 2.45) is 0 Å². The Morgan fingerprint density at radius 3 is 1.65 bits per heavy atom. The van der Waals surface area contributed by atoms with Crippen LogP contribution in [0.25, 0.3) is 0 Å². The van der Waals surface area contributed by atoms with Gasteiger partial charge in [-0.3, -0.25) is 0 Å². The van der Waals surface area contributed by atoms with Crippen LogP contribution < -0.4 is 9.31 Å². The van der Waals surface area contributed by atoms with Crippen LogP contribution in [0.3, 0.4) is 0 Å². The van der Waals surface area contributed by atoms with Crippen LogP contribution in [-0.2, 0) is 0 Å². The molecule has 0 heterocycles. The third-order valence-electron chi connectivity index (χ3n) is 1.96. The van der Waals surface area contributed by atoms with Crippen LogP contribution in [-0.4, -0.2) is 7.69 Å². The molecule has 0 saturated heterocycles. The second-order valence-corrected chi connectivity index (χ2v) is 5.08. The van der Waals surface area contributed by atoms with Gasteiger partial charge in [-0.2, -0.15) is 0 Å². The molecule has 0 spiro atoms. The van der Waals surface area contributed by atoms with Gasteiger partial charge >= 0.3 is 7.69 Å². The lowest BCUT2D eigenvalue weighted by atomic mass is 10.3. The Kier molecular flexibility index (Phi) is 4.51. The van der Waals surface area contributed by atoms with E-state index < -0.39 is 0 Å². The van der Waals surface area contributed by atoms with Gasteiger partial charge in [-0.15, -0.1) is 0 Å². The van der Waals surface area contributed by atoms with Gasteiger partial charge in [0.2, 0.25) is 0 Å². The molecule has 0 amide bonds. The summed E-state index contributed by atoms with van der Waals surface area (Å²) in [5, 5.41) is 0. The number of hydrogen-bond acceptors (Lipinski definition) is 2. The van der Waals surface area contributed by atoms with Gasteiger partial charge in [-0.1, -0.05) is 44.0 Å². The molecule has 2 nitrogen and oxygen atoms in total. The molecule has 0 aromatic heterocycles. The maximum absolute atomic E-state index is 5.34. The van der Waals surface area contributed by atoms with Crippen LogP contribution in [0.15, 0.2) is 57.5 Å². The highest BCUT2D eigenvalue weighted by Crippen LogP contribution is 2.19. The van der Waals surface area contributed by atoms with E-state index in [0.717, 1.165) is 20.4 Å². The minimum Gasteiger partial charge on any atom is -0.526 e. The lowest BCUT2D eigenvalue weighted by Crippen LogP contribution is -2.10. The van der Waals surface area contributed by atoms with E-state index >= 15 is 0 Å². The summed E-state index contributed by atoms with van der Waals surface area (Å²) in [5.41, 5.74) is 0. The van der Waals surface area contributed by atoms with Gasteiger partial charge in [0.15, 0.2) is 0 Å². The maximum atomic E-state index is 5.34. The summed E-state index contributed by atoms with van der Waals surface area (Å²) in [5.74, 6) is 1.43. The SMILES string of the molecule is Brc1cccc(O[B]Oc2cccc(Br)c2)c1. The average Bonchev–Trinajstić information content (AvgIpc) is 2.29. The highest BCUT2D eigenvalue weighted by molar-refractivity contribution is 9.10. The van der Waals surface area contributed by atoms with Crippen LogP contribution in [0, 0.1) is 0 Å². The Morgan fingerprint density at radius 2 is 1.24 bits per heavy atom. The highest BCUT2D eigenvalue weighted by atomic mass is 79.9. The second kappa shape index (κ2) is 6.12. The Morgan fingerprint density at radius 1 is 0.765 bits per heavy atom. The average molecular weight is 355 g/mol. The minimum absolute atomic E-state index is 0.717. The van der Waals surface area contributed by atoms with Crippen molar-refractivity contribution in [2.45, 2.75) is 0 Å². The summed E-state index contributed by atoms with van der Waals surface area (Å²) < 4.78 is 12.6. The largest absolute Gasteiger partial charge is 0.658 e. The minimum atomic E-state index is 0.717. The number of halogens is 2. The fraction of sp³-hybridized carbons (Fsp3) is 0. The molecule has 0 fully saturated rings. The molecular formula is C12H8BBr2O2. The third-order valence-corrected chi connectivity index (χ3v) is 2.95. The van der Waals surface area contributed by atoms with Crippen LogP contribution >= 0.6 is 31.9 Å². The van der Waals surface area contributed by atoms with Gasteiger partial charge < -0.3 is 9.31 Å². The molecule has 0 aliphatic carbocycles. The predicted octanol–water partition coefficient (Wildman–Crippen LogP) is 4.20. The topological polar surface area (TPSA) is 18.5 Å². The lowest BCUT2D eigenvalue weighted by molar-refractivity contribution is 0.458. The third kappa shape index (κ3) is 4.09. The quantitative estimate of drug-likeness (QED) is 0.766. The number of benzene rings is 2. The fourth-order valence-corrected chi connectivity index (χ4v) is 1.97. The molecule has 0 atom stereocenters. The summed E-state index contributed by atoms with van der Waals surface area (Å²) >= 11 is 6.74. The van der Waals surface area contributed by atoms with E-state index in [0.29, 0.717) is 0 Å². The van der Waals surface area contributed by atoms with Crippen molar-refractivity contribution in [2.75, 3.05) is 0 Å². The second-order valence-electron chi connectivity index (χ2n) is 3.25. The summed E-state index contributed by atoms with van der Waals surface area (Å²) in [7, 11) is 1.31. The molecule has 5 heteroatoms. The number of rotatable bonds is 4. The molecule has 2 rings (SSSR count). The van der Waals surface area contributed by atoms with E-state index in [1.54, 1.807) is 0 Å². The Balaban J connectivity index is 1.87. The van der Waals surface area contributed by atoms with Crippen molar-refractivity contribution < 1.29 is 9.31 Å². The first-order chi connectivity index (χ1) is 8.24. The predicted molar refractivity (Wildman–Crippen MR) is 75.3 cm³/mol. The monoisotopic (exact) mass is 353 g/mol. The molecule has 0 aliphatic rings. The molecular weight excluding hydrogens is 347 g/mol. The summed E-state index contributed by atoms with van der Waals surface area (Å²) in [4.78, 5) is 0. The summed E-state index contributed by atoms with van der Waals surface area (Å²) in [6.07, 6.45) is 0. The van der Waals surface area contributed by atoms with E-state index in [4.69, 9.17) is 9.31 Å². The molecule has 2 aromatic carbocycles. The van der Waals surface area contributed by atoms with Gasteiger partial charge in [0, 0.05) is 8.95 Å². The van der Waals surface area contributed by atoms with Crippen molar-refractivity contribution in [3.63, 3.8) is 0 Å². The van der Waals surface area contributed by atoms with Crippen molar-refractivity contribution >= 4 is 39.5 Å². The van der Waals surface area contributed by atoms with Gasteiger partial charge in [-0.25, -0.2) is 0 Å². The molecule has 0 unspecified atom stereocenters. The van der Waals surface area contributed by atoms with Crippen molar-refractivity contribution in [1.29, 1.82) is 0 Å². The summed E-state index contributed by atoms with van der Waals surface area (Å²) in [6, 6.07) is 15.1. The highest BCUT2D eigenvalue weighted by Gasteiger charge is 2.02. The Labute approximate surface area is 118 Å². The van der Waals surface area contributed by atoms with E-state index in [2.05, 4.69) is 31.9 Å². The zero-order chi connectivity index (χ0) is 12.1. The smallest absolute Gasteiger partial charge is 0.526 e.